The highest BCUT2D eigenvalue weighted by Gasteiger charge is 2.16. The highest BCUT2D eigenvalue weighted by Crippen LogP contribution is 2.19. The summed E-state index contributed by atoms with van der Waals surface area (Å²) in [5, 5.41) is 2.67. The molecule has 0 aromatic carbocycles. The summed E-state index contributed by atoms with van der Waals surface area (Å²) in [6.45, 7) is 6.07. The topological polar surface area (TPSA) is 42.2 Å². The largest absolute Gasteiger partial charge is 0.449 e. The van der Waals surface area contributed by atoms with Crippen LogP contribution in [0.3, 0.4) is 0 Å². The fourth-order valence-corrected chi connectivity index (χ4v) is 1.01. The van der Waals surface area contributed by atoms with Crippen molar-refractivity contribution in [3.63, 3.8) is 0 Å². The molecule has 0 spiro atoms. The van der Waals surface area contributed by atoms with Crippen LogP contribution in [0.25, 0.3) is 0 Å². The Morgan fingerprint density at radius 2 is 2.23 bits per heavy atom. The van der Waals surface area contributed by atoms with Crippen molar-refractivity contribution in [3.8, 4) is 0 Å². The highest BCUT2D eigenvalue weighted by molar-refractivity contribution is 5.89. The fraction of sp³-hybridized carbons (Fsp3) is 0.500. The van der Waals surface area contributed by atoms with Crippen LogP contribution in [0.4, 0.5) is 5.88 Å². The summed E-state index contributed by atoms with van der Waals surface area (Å²) in [5.41, 5.74) is 0.0106. The van der Waals surface area contributed by atoms with Gasteiger partial charge in [0.1, 0.15) is 0 Å². The molecule has 0 unspecified atom stereocenters. The second kappa shape index (κ2) is 3.64. The Morgan fingerprint density at radius 3 is 2.69 bits per heavy atom. The first-order valence-corrected chi connectivity index (χ1v) is 4.31. The van der Waals surface area contributed by atoms with Crippen molar-refractivity contribution in [2.45, 2.75) is 27.2 Å². The zero-order valence-corrected chi connectivity index (χ0v) is 8.26. The monoisotopic (exact) mass is 181 g/mol. The summed E-state index contributed by atoms with van der Waals surface area (Å²) >= 11 is 0. The van der Waals surface area contributed by atoms with Gasteiger partial charge in [0.2, 0.25) is 5.91 Å². The number of amides is 1. The third-order valence-electron chi connectivity index (χ3n) is 1.47. The number of rotatable bonds is 2. The number of anilines is 1. The molecule has 0 aliphatic rings. The van der Waals surface area contributed by atoms with E-state index in [4.69, 9.17) is 4.42 Å². The van der Waals surface area contributed by atoms with Gasteiger partial charge in [0.25, 0.3) is 0 Å². The van der Waals surface area contributed by atoms with E-state index < -0.39 is 0 Å². The SMILES string of the molecule is CC(C)(C)CC(=O)Nc1ccco1. The lowest BCUT2D eigenvalue weighted by Gasteiger charge is -2.16. The number of hydrogen-bond donors (Lipinski definition) is 1. The standard InChI is InChI=1S/C10H15NO2/c1-10(2,3)7-8(12)11-9-5-4-6-13-9/h4-6H,7H2,1-3H3,(H,11,12). The minimum Gasteiger partial charge on any atom is -0.449 e. The third-order valence-corrected chi connectivity index (χ3v) is 1.47. The maximum Gasteiger partial charge on any atom is 0.227 e. The van der Waals surface area contributed by atoms with Crippen molar-refractivity contribution in [2.24, 2.45) is 5.41 Å². The first-order chi connectivity index (χ1) is 5.97. The Hall–Kier alpha value is -1.25. The van der Waals surface area contributed by atoms with Gasteiger partial charge in [0.05, 0.1) is 6.26 Å². The molecule has 72 valence electrons. The molecule has 1 rings (SSSR count). The van der Waals surface area contributed by atoms with Crippen LogP contribution in [0.15, 0.2) is 22.8 Å². The van der Waals surface area contributed by atoms with Crippen LogP contribution >= 0.6 is 0 Å². The van der Waals surface area contributed by atoms with E-state index in [1.54, 1.807) is 12.1 Å². The molecule has 0 saturated heterocycles. The van der Waals surface area contributed by atoms with E-state index in [1.165, 1.54) is 6.26 Å². The summed E-state index contributed by atoms with van der Waals surface area (Å²) in [6, 6.07) is 3.47. The van der Waals surface area contributed by atoms with Crippen molar-refractivity contribution in [1.29, 1.82) is 0 Å². The van der Waals surface area contributed by atoms with Gasteiger partial charge < -0.3 is 4.42 Å². The molecule has 1 amide bonds. The number of nitrogens with one attached hydrogen (secondary N) is 1. The molecule has 0 fully saturated rings. The van der Waals surface area contributed by atoms with Gasteiger partial charge >= 0.3 is 0 Å². The van der Waals surface area contributed by atoms with Crippen LogP contribution in [0.5, 0.6) is 0 Å². The molecule has 0 saturated carbocycles. The van der Waals surface area contributed by atoms with Crippen LogP contribution in [-0.4, -0.2) is 5.91 Å². The Bertz CT molecular complexity index is 270. The van der Waals surface area contributed by atoms with Crippen molar-refractivity contribution in [3.05, 3.63) is 18.4 Å². The Morgan fingerprint density at radius 1 is 1.54 bits per heavy atom. The highest BCUT2D eigenvalue weighted by atomic mass is 16.3. The summed E-state index contributed by atoms with van der Waals surface area (Å²) < 4.78 is 4.99. The van der Waals surface area contributed by atoms with E-state index in [0.29, 0.717) is 12.3 Å². The molecule has 0 atom stereocenters. The molecular weight excluding hydrogens is 166 g/mol. The maximum absolute atomic E-state index is 11.4. The van der Waals surface area contributed by atoms with Gasteiger partial charge in [-0.2, -0.15) is 0 Å². The molecule has 1 heterocycles. The number of hydrogen-bond acceptors (Lipinski definition) is 2. The fourth-order valence-electron chi connectivity index (χ4n) is 1.01. The summed E-state index contributed by atoms with van der Waals surface area (Å²) in [7, 11) is 0. The second-order valence-corrected chi connectivity index (χ2v) is 4.26. The van der Waals surface area contributed by atoms with Crippen LogP contribution in [0.2, 0.25) is 0 Å². The first kappa shape index (κ1) is 9.84. The van der Waals surface area contributed by atoms with Gasteiger partial charge in [0, 0.05) is 12.5 Å². The molecule has 1 N–H and O–H groups in total. The molecule has 0 bridgehead atoms. The summed E-state index contributed by atoms with van der Waals surface area (Å²) in [5.74, 6) is 0.497. The van der Waals surface area contributed by atoms with E-state index in [0.717, 1.165) is 0 Å². The van der Waals surface area contributed by atoms with Gasteiger partial charge in [-0.05, 0) is 11.5 Å². The molecule has 3 nitrogen and oxygen atoms in total. The van der Waals surface area contributed by atoms with Gasteiger partial charge in [-0.1, -0.05) is 20.8 Å². The van der Waals surface area contributed by atoms with Crippen LogP contribution in [0, 0.1) is 5.41 Å². The lowest BCUT2D eigenvalue weighted by atomic mass is 9.92. The zero-order valence-electron chi connectivity index (χ0n) is 8.26. The number of carbonyl (C=O) groups excluding carboxylic acids is 1. The molecule has 0 aliphatic carbocycles. The minimum absolute atomic E-state index is 0.0106. The Kier molecular flexibility index (Phi) is 2.76. The lowest BCUT2D eigenvalue weighted by molar-refractivity contribution is -0.117. The maximum atomic E-state index is 11.4. The third kappa shape index (κ3) is 3.78. The smallest absolute Gasteiger partial charge is 0.227 e. The predicted octanol–water partition coefficient (Wildman–Crippen LogP) is 2.65. The van der Waals surface area contributed by atoms with Gasteiger partial charge in [-0.15, -0.1) is 0 Å². The molecule has 3 heteroatoms. The average molecular weight is 181 g/mol. The van der Waals surface area contributed by atoms with Gasteiger partial charge in [-0.25, -0.2) is 0 Å². The van der Waals surface area contributed by atoms with E-state index in [1.807, 2.05) is 20.8 Å². The van der Waals surface area contributed by atoms with Gasteiger partial charge in [0.15, 0.2) is 5.88 Å². The van der Waals surface area contributed by atoms with Crippen molar-refractivity contribution >= 4 is 11.8 Å². The zero-order chi connectivity index (χ0) is 9.90. The molecule has 1 aromatic rings. The molecule has 0 aliphatic heterocycles. The van der Waals surface area contributed by atoms with Crippen LogP contribution < -0.4 is 5.32 Å². The lowest BCUT2D eigenvalue weighted by Crippen LogP contribution is -2.19. The predicted molar refractivity (Wildman–Crippen MR) is 51.4 cm³/mol. The second-order valence-electron chi connectivity index (χ2n) is 4.26. The van der Waals surface area contributed by atoms with Crippen LogP contribution in [-0.2, 0) is 4.79 Å². The minimum atomic E-state index is -0.0116. The molecule has 13 heavy (non-hydrogen) atoms. The van der Waals surface area contributed by atoms with Crippen LogP contribution in [0.1, 0.15) is 27.2 Å². The molecule has 1 aromatic heterocycles. The summed E-state index contributed by atoms with van der Waals surface area (Å²) in [4.78, 5) is 11.4. The van der Waals surface area contributed by atoms with Crippen molar-refractivity contribution < 1.29 is 9.21 Å². The normalized spacial score (nSPS) is 11.3. The van der Waals surface area contributed by atoms with E-state index >= 15 is 0 Å². The Balaban J connectivity index is 2.43. The van der Waals surface area contributed by atoms with Crippen molar-refractivity contribution in [2.75, 3.05) is 5.32 Å². The number of carbonyl (C=O) groups is 1. The number of furan rings is 1. The summed E-state index contributed by atoms with van der Waals surface area (Å²) in [6.07, 6.45) is 2.03. The quantitative estimate of drug-likeness (QED) is 0.762. The van der Waals surface area contributed by atoms with E-state index in [-0.39, 0.29) is 11.3 Å². The van der Waals surface area contributed by atoms with Gasteiger partial charge in [-0.3, -0.25) is 10.1 Å². The first-order valence-electron chi connectivity index (χ1n) is 4.31. The average Bonchev–Trinajstić information content (AvgIpc) is 2.34. The van der Waals surface area contributed by atoms with Crippen molar-refractivity contribution in [1.82, 2.24) is 0 Å². The van der Waals surface area contributed by atoms with E-state index in [9.17, 15) is 4.79 Å². The molecule has 0 radical (unpaired) electrons. The molecular formula is C10H15NO2. The Labute approximate surface area is 78.1 Å². The van der Waals surface area contributed by atoms with E-state index in [2.05, 4.69) is 5.32 Å².